The van der Waals surface area contributed by atoms with Gasteiger partial charge in [-0.25, -0.2) is 9.97 Å². The Bertz CT molecular complexity index is 2100. The Balaban J connectivity index is 1.40. The molecule has 0 unspecified atom stereocenters. The van der Waals surface area contributed by atoms with E-state index >= 15 is 0 Å². The third-order valence-electron chi connectivity index (χ3n) is 7.93. The molecule has 16 heteroatoms. The van der Waals surface area contributed by atoms with Crippen LogP contribution < -0.4 is 22.1 Å². The van der Waals surface area contributed by atoms with Gasteiger partial charge < -0.3 is 20.6 Å². The van der Waals surface area contributed by atoms with Crippen molar-refractivity contribution in [3.63, 3.8) is 0 Å². The summed E-state index contributed by atoms with van der Waals surface area (Å²) >= 11 is 0. The van der Waals surface area contributed by atoms with Crippen LogP contribution >= 0.6 is 0 Å². The molecular formula is C32H34N12O4. The number of fused-ring (bicyclic) bond motifs is 2. The molecule has 2 aromatic carbocycles. The molecule has 48 heavy (non-hydrogen) atoms. The number of imidazole rings is 2. The van der Waals surface area contributed by atoms with Gasteiger partial charge in [-0.15, -0.1) is 0 Å². The molecule has 0 aliphatic rings. The number of amides is 4. The smallest absolute Gasteiger partial charge is 0.276 e. The SMILES string of the molecule is CCn1nc(C)cc1C(=O)Nc1nc2cc(C(N)=O)ccc2n1CCn1c(NC(=O)c2cc(C)nn2CC)nc2cc(C(N)=O)ccc21. The van der Waals surface area contributed by atoms with E-state index in [-0.39, 0.29) is 36.1 Å². The van der Waals surface area contributed by atoms with Gasteiger partial charge in [-0.2, -0.15) is 10.2 Å². The van der Waals surface area contributed by atoms with Gasteiger partial charge in [-0.1, -0.05) is 0 Å². The molecule has 4 aromatic heterocycles. The summed E-state index contributed by atoms with van der Waals surface area (Å²) in [7, 11) is 0. The second kappa shape index (κ2) is 12.5. The molecule has 0 spiro atoms. The van der Waals surface area contributed by atoms with Crippen molar-refractivity contribution in [1.29, 1.82) is 0 Å². The summed E-state index contributed by atoms with van der Waals surface area (Å²) in [6.07, 6.45) is 0. The Morgan fingerprint density at radius 3 is 1.40 bits per heavy atom. The lowest BCUT2D eigenvalue weighted by molar-refractivity contribution is 0.0992. The van der Waals surface area contributed by atoms with E-state index in [9.17, 15) is 19.2 Å². The number of nitrogens with zero attached hydrogens (tertiary/aromatic N) is 8. The molecule has 0 saturated heterocycles. The summed E-state index contributed by atoms with van der Waals surface area (Å²) in [4.78, 5) is 60.1. The van der Waals surface area contributed by atoms with Crippen molar-refractivity contribution < 1.29 is 19.2 Å². The highest BCUT2D eigenvalue weighted by Gasteiger charge is 2.22. The summed E-state index contributed by atoms with van der Waals surface area (Å²) in [6, 6.07) is 13.1. The quantitative estimate of drug-likeness (QED) is 0.163. The molecule has 6 N–H and O–H groups in total. The largest absolute Gasteiger partial charge is 0.366 e. The van der Waals surface area contributed by atoms with Gasteiger partial charge in [0.25, 0.3) is 11.8 Å². The van der Waals surface area contributed by atoms with Crippen LogP contribution in [0.1, 0.15) is 66.9 Å². The van der Waals surface area contributed by atoms with E-state index in [1.807, 2.05) is 13.8 Å². The van der Waals surface area contributed by atoms with Crippen molar-refractivity contribution in [2.24, 2.45) is 11.5 Å². The zero-order chi connectivity index (χ0) is 34.3. The number of benzene rings is 2. The minimum absolute atomic E-state index is 0.228. The average molecular weight is 651 g/mol. The van der Waals surface area contributed by atoms with Crippen molar-refractivity contribution in [1.82, 2.24) is 38.7 Å². The minimum atomic E-state index is -0.612. The number of hydrogen-bond donors (Lipinski definition) is 4. The normalized spacial score (nSPS) is 11.3. The Labute approximate surface area is 273 Å². The fourth-order valence-corrected chi connectivity index (χ4v) is 5.68. The lowest BCUT2D eigenvalue weighted by atomic mass is 10.2. The maximum Gasteiger partial charge on any atom is 0.276 e. The third kappa shape index (κ3) is 5.86. The van der Waals surface area contributed by atoms with Gasteiger partial charge in [0.2, 0.25) is 23.7 Å². The zero-order valence-corrected chi connectivity index (χ0v) is 26.8. The van der Waals surface area contributed by atoms with Gasteiger partial charge in [0.05, 0.1) is 33.5 Å². The van der Waals surface area contributed by atoms with E-state index in [1.54, 1.807) is 80.9 Å². The van der Waals surface area contributed by atoms with Gasteiger partial charge in [0.1, 0.15) is 11.4 Å². The Kier molecular flexibility index (Phi) is 8.22. The Hall–Kier alpha value is -6.32. The van der Waals surface area contributed by atoms with Crippen LogP contribution in [0.5, 0.6) is 0 Å². The summed E-state index contributed by atoms with van der Waals surface area (Å²) in [5.41, 5.74) is 15.9. The van der Waals surface area contributed by atoms with Gasteiger partial charge in [-0.05, 0) is 76.2 Å². The molecule has 6 aromatic rings. The van der Waals surface area contributed by atoms with Gasteiger partial charge in [0.15, 0.2) is 0 Å². The molecule has 0 fully saturated rings. The Morgan fingerprint density at radius 1 is 0.646 bits per heavy atom. The van der Waals surface area contributed by atoms with E-state index in [4.69, 9.17) is 11.5 Å². The summed E-state index contributed by atoms with van der Waals surface area (Å²) in [5.74, 6) is -1.59. The molecule has 4 heterocycles. The van der Waals surface area contributed by atoms with Crippen LogP contribution in [-0.4, -0.2) is 62.3 Å². The lowest BCUT2D eigenvalue weighted by Crippen LogP contribution is -2.22. The van der Waals surface area contributed by atoms with Crippen molar-refractivity contribution in [2.45, 2.75) is 53.9 Å². The van der Waals surface area contributed by atoms with Crippen LogP contribution in [0.4, 0.5) is 11.9 Å². The second-order valence-corrected chi connectivity index (χ2v) is 11.2. The first-order valence-electron chi connectivity index (χ1n) is 15.3. The molecule has 0 aliphatic carbocycles. The number of hydrogen-bond acceptors (Lipinski definition) is 8. The molecule has 4 amide bonds. The molecule has 0 saturated carbocycles. The summed E-state index contributed by atoms with van der Waals surface area (Å²) < 4.78 is 6.79. The molecule has 0 radical (unpaired) electrons. The summed E-state index contributed by atoms with van der Waals surface area (Å²) in [6.45, 7) is 8.86. The van der Waals surface area contributed by atoms with Crippen LogP contribution in [0.25, 0.3) is 22.1 Å². The highest BCUT2D eigenvalue weighted by molar-refractivity contribution is 6.04. The van der Waals surface area contributed by atoms with Gasteiger partial charge in [0, 0.05) is 37.3 Å². The van der Waals surface area contributed by atoms with Crippen LogP contribution in [-0.2, 0) is 26.2 Å². The average Bonchev–Trinajstić information content (AvgIpc) is 3.81. The fourth-order valence-electron chi connectivity index (χ4n) is 5.68. The van der Waals surface area contributed by atoms with E-state index in [2.05, 4.69) is 30.8 Å². The van der Waals surface area contributed by atoms with E-state index in [0.29, 0.717) is 57.9 Å². The second-order valence-electron chi connectivity index (χ2n) is 11.2. The molecule has 0 atom stereocenters. The van der Waals surface area contributed by atoms with E-state index in [0.717, 1.165) is 0 Å². The van der Waals surface area contributed by atoms with Crippen molar-refractivity contribution in [3.05, 3.63) is 82.4 Å². The molecule has 0 aliphatic heterocycles. The number of anilines is 2. The number of rotatable bonds is 11. The first kappa shape index (κ1) is 31.7. The van der Waals surface area contributed by atoms with E-state index in [1.165, 1.54) is 0 Å². The lowest BCUT2D eigenvalue weighted by Gasteiger charge is -2.14. The first-order valence-corrected chi connectivity index (χ1v) is 15.3. The predicted octanol–water partition coefficient (Wildman–Crippen LogP) is 2.84. The van der Waals surface area contributed by atoms with Gasteiger partial charge >= 0.3 is 0 Å². The maximum atomic E-state index is 13.5. The van der Waals surface area contributed by atoms with Crippen LogP contribution in [0.15, 0.2) is 48.5 Å². The van der Waals surface area contributed by atoms with Crippen LogP contribution in [0.3, 0.4) is 0 Å². The maximum absolute atomic E-state index is 13.5. The van der Waals surface area contributed by atoms with Gasteiger partial charge in [-0.3, -0.25) is 39.2 Å². The predicted molar refractivity (Wildman–Crippen MR) is 178 cm³/mol. The van der Waals surface area contributed by atoms with E-state index < -0.39 is 23.6 Å². The molecule has 6 rings (SSSR count). The highest BCUT2D eigenvalue weighted by atomic mass is 16.2. The number of carbonyl (C=O) groups is 4. The summed E-state index contributed by atoms with van der Waals surface area (Å²) in [5, 5.41) is 14.5. The standard InChI is InChI=1S/C32H34N12O4/c1-5-43-25(13-17(3)39-43)29(47)37-31-35-21-15-19(27(33)45)7-9-23(21)41(31)11-12-42-24-10-8-20(28(34)46)16-22(24)36-32(42)38-30(48)26-14-18(4)40-44(26)6-2/h7-10,13-16H,5-6,11-12H2,1-4H3,(H2,33,45)(H2,34,46)(H,35,37,47)(H,36,38,48). The molecule has 16 nitrogen and oxygen atoms in total. The molecule has 246 valence electrons. The molecule has 0 bridgehead atoms. The number of carbonyl (C=O) groups excluding carboxylic acids is 4. The number of primary amides is 2. The first-order chi connectivity index (χ1) is 23.0. The number of nitrogens with one attached hydrogen (secondary N) is 2. The molecular weight excluding hydrogens is 616 g/mol. The van der Waals surface area contributed by atoms with Crippen LogP contribution in [0, 0.1) is 13.8 Å². The minimum Gasteiger partial charge on any atom is -0.366 e. The van der Waals surface area contributed by atoms with Crippen LogP contribution in [0.2, 0.25) is 0 Å². The third-order valence-corrected chi connectivity index (χ3v) is 7.93. The topological polar surface area (TPSA) is 216 Å². The Morgan fingerprint density at radius 2 is 1.04 bits per heavy atom. The highest BCUT2D eigenvalue weighted by Crippen LogP contribution is 2.26. The van der Waals surface area contributed by atoms with Crippen molar-refractivity contribution >= 4 is 57.6 Å². The number of aryl methyl sites for hydroxylation is 6. The number of nitrogens with two attached hydrogens (primary N) is 2. The van der Waals surface area contributed by atoms with Crippen molar-refractivity contribution in [2.75, 3.05) is 10.6 Å². The number of aromatic nitrogens is 8. The van der Waals surface area contributed by atoms with Crippen molar-refractivity contribution in [3.8, 4) is 0 Å². The fraction of sp³-hybridized carbons (Fsp3) is 0.250. The monoisotopic (exact) mass is 650 g/mol. The zero-order valence-electron chi connectivity index (χ0n) is 26.8.